The van der Waals surface area contributed by atoms with E-state index in [0.29, 0.717) is 25.6 Å². The second kappa shape index (κ2) is 6.41. The molecule has 0 bridgehead atoms. The van der Waals surface area contributed by atoms with Gasteiger partial charge in [0, 0.05) is 26.6 Å². The highest BCUT2D eigenvalue weighted by molar-refractivity contribution is 5.78. The molecule has 122 valence electrons. The van der Waals surface area contributed by atoms with Gasteiger partial charge in [-0.25, -0.2) is 9.97 Å². The second-order valence-corrected chi connectivity index (χ2v) is 6.19. The molecule has 0 radical (unpaired) electrons. The van der Waals surface area contributed by atoms with E-state index in [1.807, 2.05) is 13.1 Å². The molecule has 2 atom stereocenters. The van der Waals surface area contributed by atoms with Crippen molar-refractivity contribution in [3.05, 3.63) is 12.0 Å². The molecule has 2 aliphatic heterocycles. The lowest BCUT2D eigenvalue weighted by atomic mass is 9.92. The summed E-state index contributed by atoms with van der Waals surface area (Å²) in [5.41, 5.74) is 0.947. The standard InChI is InChI=1S/C16H21N5O2/c1-11-4-7-21(14(22)3-6-17)9-13(11)20(2)16-15-12(5-8-23-15)18-10-19-16/h10-11,13H,3-5,7-9H2,1-2H3. The van der Waals surface area contributed by atoms with Gasteiger partial charge in [-0.1, -0.05) is 6.92 Å². The largest absolute Gasteiger partial charge is 0.487 e. The number of nitrogens with zero attached hydrogens (tertiary/aromatic N) is 5. The lowest BCUT2D eigenvalue weighted by Crippen LogP contribution is -2.52. The van der Waals surface area contributed by atoms with Crippen molar-refractivity contribution in [1.29, 1.82) is 5.26 Å². The van der Waals surface area contributed by atoms with Gasteiger partial charge in [0.1, 0.15) is 12.7 Å². The fourth-order valence-electron chi connectivity index (χ4n) is 3.34. The zero-order chi connectivity index (χ0) is 16.4. The zero-order valence-corrected chi connectivity index (χ0v) is 13.5. The van der Waals surface area contributed by atoms with E-state index in [4.69, 9.17) is 10.00 Å². The second-order valence-electron chi connectivity index (χ2n) is 6.19. The summed E-state index contributed by atoms with van der Waals surface area (Å²) in [4.78, 5) is 24.6. The normalized spacial score (nSPS) is 22.9. The Hall–Kier alpha value is -2.36. The van der Waals surface area contributed by atoms with Crippen LogP contribution >= 0.6 is 0 Å². The SMILES string of the molecule is CC1CCN(C(=O)CC#N)CC1N(C)c1ncnc2c1OCC2. The van der Waals surface area contributed by atoms with Crippen molar-refractivity contribution in [2.24, 2.45) is 5.92 Å². The summed E-state index contributed by atoms with van der Waals surface area (Å²) in [5.74, 6) is 1.89. The first kappa shape index (κ1) is 15.5. The molecule has 1 saturated heterocycles. The van der Waals surface area contributed by atoms with Gasteiger partial charge < -0.3 is 14.5 Å². The van der Waals surface area contributed by atoms with Gasteiger partial charge in [0.25, 0.3) is 0 Å². The molecule has 3 heterocycles. The number of amides is 1. The maximum absolute atomic E-state index is 12.0. The molecule has 0 N–H and O–H groups in total. The van der Waals surface area contributed by atoms with Crippen molar-refractivity contribution in [2.45, 2.75) is 32.2 Å². The van der Waals surface area contributed by atoms with E-state index in [9.17, 15) is 4.79 Å². The van der Waals surface area contributed by atoms with E-state index in [2.05, 4.69) is 21.8 Å². The Bertz CT molecular complexity index is 642. The third-order valence-corrected chi connectivity index (χ3v) is 4.78. The number of piperidine rings is 1. The molecule has 3 rings (SSSR count). The first-order valence-corrected chi connectivity index (χ1v) is 7.96. The number of rotatable bonds is 3. The van der Waals surface area contributed by atoms with Crippen LogP contribution < -0.4 is 9.64 Å². The Balaban J connectivity index is 1.80. The molecule has 1 aromatic rings. The molecular formula is C16H21N5O2. The van der Waals surface area contributed by atoms with Gasteiger partial charge in [-0.2, -0.15) is 5.26 Å². The summed E-state index contributed by atoms with van der Waals surface area (Å²) in [5, 5.41) is 8.74. The van der Waals surface area contributed by atoms with Crippen molar-refractivity contribution < 1.29 is 9.53 Å². The number of nitriles is 1. The number of likely N-dealkylation sites (tertiary alicyclic amines) is 1. The van der Waals surface area contributed by atoms with E-state index < -0.39 is 0 Å². The smallest absolute Gasteiger partial charge is 0.236 e. The van der Waals surface area contributed by atoms with Crippen LogP contribution in [0.3, 0.4) is 0 Å². The monoisotopic (exact) mass is 315 g/mol. The van der Waals surface area contributed by atoms with Gasteiger partial charge in [0.2, 0.25) is 5.91 Å². The van der Waals surface area contributed by atoms with Crippen LogP contribution in [0.15, 0.2) is 6.33 Å². The maximum atomic E-state index is 12.0. The van der Waals surface area contributed by atoms with Crippen LogP contribution in [0.25, 0.3) is 0 Å². The van der Waals surface area contributed by atoms with Crippen molar-refractivity contribution in [3.8, 4) is 11.8 Å². The maximum Gasteiger partial charge on any atom is 0.236 e. The van der Waals surface area contributed by atoms with E-state index in [1.54, 1.807) is 11.2 Å². The molecule has 23 heavy (non-hydrogen) atoms. The number of aromatic nitrogens is 2. The highest BCUT2D eigenvalue weighted by Gasteiger charge is 2.34. The lowest BCUT2D eigenvalue weighted by Gasteiger charge is -2.42. The summed E-state index contributed by atoms with van der Waals surface area (Å²) >= 11 is 0. The summed E-state index contributed by atoms with van der Waals surface area (Å²) in [6.07, 6.45) is 3.24. The van der Waals surface area contributed by atoms with E-state index >= 15 is 0 Å². The molecular weight excluding hydrogens is 294 g/mol. The Labute approximate surface area is 135 Å². The fraction of sp³-hybridized carbons (Fsp3) is 0.625. The van der Waals surface area contributed by atoms with Crippen LogP contribution in [0.5, 0.6) is 5.75 Å². The van der Waals surface area contributed by atoms with Crippen LogP contribution in [0.4, 0.5) is 5.82 Å². The summed E-state index contributed by atoms with van der Waals surface area (Å²) in [6, 6.07) is 2.09. The topological polar surface area (TPSA) is 82.4 Å². The molecule has 0 spiro atoms. The lowest BCUT2D eigenvalue weighted by molar-refractivity contribution is -0.131. The van der Waals surface area contributed by atoms with Crippen molar-refractivity contribution in [2.75, 3.05) is 31.6 Å². The average Bonchev–Trinajstić information content (AvgIpc) is 3.03. The highest BCUT2D eigenvalue weighted by Crippen LogP contribution is 2.35. The van der Waals surface area contributed by atoms with Crippen LogP contribution in [0, 0.1) is 17.2 Å². The van der Waals surface area contributed by atoms with Gasteiger partial charge in [-0.05, 0) is 12.3 Å². The fourth-order valence-corrected chi connectivity index (χ4v) is 3.34. The third kappa shape index (κ3) is 2.93. The summed E-state index contributed by atoms with van der Waals surface area (Å²) in [7, 11) is 1.99. The van der Waals surface area contributed by atoms with Crippen LogP contribution in [-0.4, -0.2) is 53.6 Å². The number of hydrogen-bond acceptors (Lipinski definition) is 6. The minimum atomic E-state index is -0.0954. The Morgan fingerprint density at radius 3 is 3.17 bits per heavy atom. The molecule has 7 heteroatoms. The number of carbonyl (C=O) groups excluding carboxylic acids is 1. The Morgan fingerprint density at radius 2 is 2.39 bits per heavy atom. The molecule has 0 aromatic carbocycles. The van der Waals surface area contributed by atoms with Crippen LogP contribution in [-0.2, 0) is 11.2 Å². The Kier molecular flexibility index (Phi) is 4.33. The summed E-state index contributed by atoms with van der Waals surface area (Å²) < 4.78 is 5.70. The molecule has 2 aliphatic rings. The predicted octanol–water partition coefficient (Wildman–Crippen LogP) is 0.998. The van der Waals surface area contributed by atoms with Gasteiger partial charge in [-0.3, -0.25) is 4.79 Å². The minimum absolute atomic E-state index is 0.0587. The number of fused-ring (bicyclic) bond motifs is 1. The van der Waals surface area contributed by atoms with E-state index in [1.165, 1.54) is 0 Å². The van der Waals surface area contributed by atoms with E-state index in [-0.39, 0.29) is 18.4 Å². The highest BCUT2D eigenvalue weighted by atomic mass is 16.5. The van der Waals surface area contributed by atoms with Gasteiger partial charge in [-0.15, -0.1) is 0 Å². The molecule has 0 aliphatic carbocycles. The minimum Gasteiger partial charge on any atom is -0.487 e. The first-order valence-electron chi connectivity index (χ1n) is 7.96. The van der Waals surface area contributed by atoms with Gasteiger partial charge in [0.05, 0.1) is 24.4 Å². The quantitative estimate of drug-likeness (QED) is 0.827. The average molecular weight is 315 g/mol. The van der Waals surface area contributed by atoms with Gasteiger partial charge in [0.15, 0.2) is 11.6 Å². The predicted molar refractivity (Wildman–Crippen MR) is 84.0 cm³/mol. The molecule has 1 aromatic heterocycles. The molecule has 7 nitrogen and oxygen atoms in total. The van der Waals surface area contributed by atoms with Crippen LogP contribution in [0.1, 0.15) is 25.5 Å². The third-order valence-electron chi connectivity index (χ3n) is 4.78. The molecule has 1 fully saturated rings. The van der Waals surface area contributed by atoms with Gasteiger partial charge >= 0.3 is 0 Å². The number of ether oxygens (including phenoxy) is 1. The molecule has 0 saturated carbocycles. The molecule has 2 unspecified atom stereocenters. The van der Waals surface area contributed by atoms with E-state index in [0.717, 1.165) is 30.1 Å². The number of hydrogen-bond donors (Lipinski definition) is 0. The summed E-state index contributed by atoms with van der Waals surface area (Å²) in [6.45, 7) is 4.15. The number of anilines is 1. The number of likely N-dealkylation sites (N-methyl/N-ethyl adjacent to an activating group) is 1. The van der Waals surface area contributed by atoms with Crippen molar-refractivity contribution in [1.82, 2.24) is 14.9 Å². The zero-order valence-electron chi connectivity index (χ0n) is 13.5. The Morgan fingerprint density at radius 1 is 1.57 bits per heavy atom. The van der Waals surface area contributed by atoms with Crippen LogP contribution in [0.2, 0.25) is 0 Å². The van der Waals surface area contributed by atoms with Crippen molar-refractivity contribution >= 4 is 11.7 Å². The molecule has 1 amide bonds. The number of carbonyl (C=O) groups is 1. The van der Waals surface area contributed by atoms with Crippen molar-refractivity contribution in [3.63, 3.8) is 0 Å². The first-order chi connectivity index (χ1) is 11.1.